The summed E-state index contributed by atoms with van der Waals surface area (Å²) in [5.41, 5.74) is 0. The van der Waals surface area contributed by atoms with E-state index in [1.54, 1.807) is 25.2 Å². The highest BCUT2D eigenvalue weighted by Gasteiger charge is 2.08. The van der Waals surface area contributed by atoms with E-state index in [1.807, 2.05) is 6.92 Å². The summed E-state index contributed by atoms with van der Waals surface area (Å²) in [6.07, 6.45) is 0.924. The molecule has 0 saturated heterocycles. The molecule has 0 fully saturated rings. The monoisotopic (exact) mass is 423 g/mol. The van der Waals surface area contributed by atoms with Gasteiger partial charge in [-0.25, -0.2) is 4.39 Å². The molecule has 0 saturated carbocycles. The van der Waals surface area contributed by atoms with Gasteiger partial charge in [0.05, 0.1) is 6.54 Å². The normalized spacial score (nSPS) is 12.5. The van der Waals surface area contributed by atoms with Gasteiger partial charge < -0.3 is 15.4 Å². The number of para-hydroxylation sites is 1. The molecule has 6 heteroatoms. The van der Waals surface area contributed by atoms with E-state index >= 15 is 0 Å². The van der Waals surface area contributed by atoms with Gasteiger partial charge in [-0.15, -0.1) is 24.0 Å². The third-order valence-electron chi connectivity index (χ3n) is 2.96. The molecule has 0 bridgehead atoms. The molecular weight excluding hydrogens is 396 g/mol. The number of ether oxygens (including phenoxy) is 1. The van der Waals surface area contributed by atoms with Crippen LogP contribution in [0.15, 0.2) is 29.3 Å². The van der Waals surface area contributed by atoms with Crippen LogP contribution in [0.3, 0.4) is 0 Å². The maximum absolute atomic E-state index is 13.5. The van der Waals surface area contributed by atoms with Crippen LogP contribution in [0.4, 0.5) is 4.39 Å². The third kappa shape index (κ3) is 8.41. The second-order valence-electron chi connectivity index (χ2n) is 5.42. The number of guanidine groups is 1. The fourth-order valence-corrected chi connectivity index (χ4v) is 1.74. The molecule has 1 unspecified atom stereocenters. The Labute approximate surface area is 149 Å². The van der Waals surface area contributed by atoms with E-state index in [9.17, 15) is 4.39 Å². The minimum Gasteiger partial charge on any atom is -0.486 e. The Morgan fingerprint density at radius 3 is 2.50 bits per heavy atom. The molecule has 0 aliphatic carbocycles. The van der Waals surface area contributed by atoms with Gasteiger partial charge in [-0.2, -0.15) is 0 Å². The number of hydrogen-bond donors (Lipinski definition) is 2. The fourth-order valence-electron chi connectivity index (χ4n) is 1.74. The topological polar surface area (TPSA) is 45.7 Å². The molecule has 1 aromatic carbocycles. The van der Waals surface area contributed by atoms with Gasteiger partial charge in [-0.1, -0.05) is 26.0 Å². The molecule has 4 nitrogen and oxygen atoms in total. The third-order valence-corrected chi connectivity index (χ3v) is 2.96. The van der Waals surface area contributed by atoms with E-state index in [0.717, 1.165) is 18.9 Å². The molecule has 0 aromatic heterocycles. The smallest absolute Gasteiger partial charge is 0.191 e. The zero-order valence-corrected chi connectivity index (χ0v) is 16.1. The lowest BCUT2D eigenvalue weighted by molar-refractivity contribution is 0.214. The van der Waals surface area contributed by atoms with Crippen LogP contribution in [-0.4, -0.2) is 32.2 Å². The summed E-state index contributed by atoms with van der Waals surface area (Å²) in [7, 11) is 1.73. The molecule has 0 aliphatic rings. The first kappa shape index (κ1) is 20.9. The van der Waals surface area contributed by atoms with E-state index in [1.165, 1.54) is 6.07 Å². The van der Waals surface area contributed by atoms with Crippen molar-refractivity contribution in [1.29, 1.82) is 0 Å². The van der Waals surface area contributed by atoms with Crippen LogP contribution >= 0.6 is 24.0 Å². The summed E-state index contributed by atoms with van der Waals surface area (Å²) in [6.45, 7) is 7.68. The second-order valence-corrected chi connectivity index (χ2v) is 5.42. The molecule has 0 radical (unpaired) electrons. The Hall–Kier alpha value is -1.05. The van der Waals surface area contributed by atoms with Crippen molar-refractivity contribution in [3.8, 4) is 5.75 Å². The van der Waals surface area contributed by atoms with Crippen molar-refractivity contribution in [3.05, 3.63) is 30.1 Å². The SMILES string of the molecule is CN=C(NCCC(C)C)NCC(C)Oc1ccccc1F.I. The van der Waals surface area contributed by atoms with Crippen molar-refractivity contribution in [2.75, 3.05) is 20.1 Å². The molecule has 126 valence electrons. The number of hydrogen-bond acceptors (Lipinski definition) is 2. The zero-order valence-electron chi connectivity index (χ0n) is 13.7. The number of halogens is 2. The van der Waals surface area contributed by atoms with Crippen molar-refractivity contribution in [1.82, 2.24) is 10.6 Å². The highest BCUT2D eigenvalue weighted by atomic mass is 127. The summed E-state index contributed by atoms with van der Waals surface area (Å²) in [4.78, 5) is 4.15. The van der Waals surface area contributed by atoms with Crippen LogP contribution < -0.4 is 15.4 Å². The average molecular weight is 423 g/mol. The highest BCUT2D eigenvalue weighted by Crippen LogP contribution is 2.16. The van der Waals surface area contributed by atoms with Gasteiger partial charge in [0.25, 0.3) is 0 Å². The second kappa shape index (κ2) is 11.5. The van der Waals surface area contributed by atoms with Crippen LogP contribution in [-0.2, 0) is 0 Å². The minimum absolute atomic E-state index is 0. The number of aliphatic imine (C=N–C) groups is 1. The summed E-state index contributed by atoms with van der Waals surface area (Å²) < 4.78 is 19.0. The number of benzene rings is 1. The molecule has 1 rings (SSSR count). The molecule has 0 spiro atoms. The van der Waals surface area contributed by atoms with Gasteiger partial charge in [0.1, 0.15) is 6.10 Å². The van der Waals surface area contributed by atoms with Gasteiger partial charge in [0, 0.05) is 13.6 Å². The fraction of sp³-hybridized carbons (Fsp3) is 0.562. The highest BCUT2D eigenvalue weighted by molar-refractivity contribution is 14.0. The Bertz CT molecular complexity index is 455. The lowest BCUT2D eigenvalue weighted by atomic mass is 10.1. The summed E-state index contributed by atoms with van der Waals surface area (Å²) in [5, 5.41) is 6.41. The Morgan fingerprint density at radius 2 is 1.91 bits per heavy atom. The predicted molar refractivity (Wildman–Crippen MR) is 101 cm³/mol. The molecule has 1 atom stereocenters. The van der Waals surface area contributed by atoms with E-state index in [4.69, 9.17) is 4.74 Å². The first-order chi connectivity index (χ1) is 10.0. The van der Waals surface area contributed by atoms with E-state index in [2.05, 4.69) is 29.5 Å². The van der Waals surface area contributed by atoms with Crippen LogP contribution in [0.1, 0.15) is 27.2 Å². The number of nitrogens with one attached hydrogen (secondary N) is 2. The van der Waals surface area contributed by atoms with Crippen LogP contribution in [0.2, 0.25) is 0 Å². The zero-order chi connectivity index (χ0) is 15.7. The first-order valence-electron chi connectivity index (χ1n) is 7.38. The van der Waals surface area contributed by atoms with E-state index in [0.29, 0.717) is 12.5 Å². The number of nitrogens with zero attached hydrogens (tertiary/aromatic N) is 1. The van der Waals surface area contributed by atoms with Gasteiger partial charge >= 0.3 is 0 Å². The number of rotatable bonds is 7. The van der Waals surface area contributed by atoms with Gasteiger partial charge in [0.15, 0.2) is 17.5 Å². The van der Waals surface area contributed by atoms with Gasteiger partial charge in [0.2, 0.25) is 0 Å². The summed E-state index contributed by atoms with van der Waals surface area (Å²) in [5.74, 6) is 1.32. The van der Waals surface area contributed by atoms with Gasteiger partial charge in [-0.3, -0.25) is 4.99 Å². The van der Waals surface area contributed by atoms with E-state index in [-0.39, 0.29) is 41.6 Å². The maximum Gasteiger partial charge on any atom is 0.191 e. The average Bonchev–Trinajstić information content (AvgIpc) is 2.44. The quantitative estimate of drug-likeness (QED) is 0.402. The molecule has 1 aromatic rings. The van der Waals surface area contributed by atoms with Gasteiger partial charge in [-0.05, 0) is 31.4 Å². The molecule has 22 heavy (non-hydrogen) atoms. The Morgan fingerprint density at radius 1 is 1.23 bits per heavy atom. The molecule has 0 amide bonds. The van der Waals surface area contributed by atoms with E-state index < -0.39 is 0 Å². The minimum atomic E-state index is -0.344. The van der Waals surface area contributed by atoms with Crippen LogP contribution in [0.25, 0.3) is 0 Å². The summed E-state index contributed by atoms with van der Waals surface area (Å²) >= 11 is 0. The van der Waals surface area contributed by atoms with Crippen molar-refractivity contribution < 1.29 is 9.13 Å². The Balaban J connectivity index is 0.00000441. The van der Waals surface area contributed by atoms with Crippen molar-refractivity contribution >= 4 is 29.9 Å². The van der Waals surface area contributed by atoms with Crippen molar-refractivity contribution in [2.45, 2.75) is 33.3 Å². The lowest BCUT2D eigenvalue weighted by Gasteiger charge is -2.18. The first-order valence-corrected chi connectivity index (χ1v) is 7.38. The Kier molecular flexibility index (Phi) is 11.0. The predicted octanol–water partition coefficient (Wildman–Crippen LogP) is 3.42. The van der Waals surface area contributed by atoms with Crippen LogP contribution in [0.5, 0.6) is 5.75 Å². The maximum atomic E-state index is 13.5. The lowest BCUT2D eigenvalue weighted by Crippen LogP contribution is -2.42. The van der Waals surface area contributed by atoms with Crippen LogP contribution in [0, 0.1) is 11.7 Å². The molecule has 2 N–H and O–H groups in total. The molecular formula is C16H27FIN3O. The molecule has 0 aliphatic heterocycles. The standard InChI is InChI=1S/C16H26FN3O.HI/c1-12(2)9-10-19-16(18-4)20-11-13(3)21-15-8-6-5-7-14(15)17;/h5-8,12-13H,9-11H2,1-4H3,(H2,18,19,20);1H. The largest absolute Gasteiger partial charge is 0.486 e. The van der Waals surface area contributed by atoms with Crippen molar-refractivity contribution in [3.63, 3.8) is 0 Å². The summed E-state index contributed by atoms with van der Waals surface area (Å²) in [6, 6.07) is 6.42. The molecule has 0 heterocycles. The van der Waals surface area contributed by atoms with Crippen molar-refractivity contribution in [2.24, 2.45) is 10.9 Å².